The minimum atomic E-state index is -1.36. The predicted molar refractivity (Wildman–Crippen MR) is 116 cm³/mol. The highest BCUT2D eigenvalue weighted by Gasteiger charge is 2.24. The molecule has 0 bridgehead atoms. The number of aryl methyl sites for hydroxylation is 1. The van der Waals surface area contributed by atoms with E-state index in [9.17, 15) is 10.2 Å². The van der Waals surface area contributed by atoms with Gasteiger partial charge in [0.2, 0.25) is 0 Å². The Hall–Kier alpha value is -1.92. The minimum Gasteiger partial charge on any atom is -0.368 e. The maximum Gasteiger partial charge on any atom is 0.152 e. The first-order chi connectivity index (χ1) is 13.9. The molecule has 0 fully saturated rings. The lowest BCUT2D eigenvalue weighted by Gasteiger charge is -2.22. The summed E-state index contributed by atoms with van der Waals surface area (Å²) in [6.45, 7) is 4.68. The van der Waals surface area contributed by atoms with Gasteiger partial charge in [-0.05, 0) is 55.8 Å². The van der Waals surface area contributed by atoms with Crippen molar-refractivity contribution in [2.45, 2.75) is 44.9 Å². The molecule has 5 nitrogen and oxygen atoms in total. The summed E-state index contributed by atoms with van der Waals surface area (Å²) in [6, 6.07) is 10.1. The Morgan fingerprint density at radius 2 is 1.93 bits per heavy atom. The second-order valence-electron chi connectivity index (χ2n) is 8.15. The van der Waals surface area contributed by atoms with Crippen molar-refractivity contribution < 1.29 is 10.2 Å². The lowest BCUT2D eigenvalue weighted by atomic mass is 9.96. The van der Waals surface area contributed by atoms with Crippen LogP contribution in [0.25, 0.3) is 10.9 Å². The molecule has 1 aromatic carbocycles. The van der Waals surface area contributed by atoms with E-state index in [1.54, 1.807) is 0 Å². The summed E-state index contributed by atoms with van der Waals surface area (Å²) in [4.78, 5) is 6.79. The molecule has 0 saturated carbocycles. The van der Waals surface area contributed by atoms with Crippen LogP contribution in [0.15, 0.2) is 36.5 Å². The van der Waals surface area contributed by atoms with Crippen molar-refractivity contribution in [1.29, 1.82) is 0 Å². The first-order valence-corrected chi connectivity index (χ1v) is 10.6. The molecular formula is C23H28ClN3O2. The molecule has 0 amide bonds. The Morgan fingerprint density at radius 3 is 2.66 bits per heavy atom. The minimum absolute atomic E-state index is 0.0422. The molecule has 0 saturated heterocycles. The largest absolute Gasteiger partial charge is 0.368 e. The maximum atomic E-state index is 9.74. The van der Waals surface area contributed by atoms with Crippen LogP contribution in [0.2, 0.25) is 5.02 Å². The summed E-state index contributed by atoms with van der Waals surface area (Å²) in [5.74, 6) is -0.0422. The Morgan fingerprint density at radius 1 is 1.14 bits per heavy atom. The molecular weight excluding hydrogens is 386 g/mol. The van der Waals surface area contributed by atoms with E-state index >= 15 is 0 Å². The first-order valence-electron chi connectivity index (χ1n) is 10.2. The monoisotopic (exact) mass is 413 g/mol. The summed E-state index contributed by atoms with van der Waals surface area (Å²) >= 11 is 6.33. The van der Waals surface area contributed by atoms with E-state index in [1.165, 1.54) is 22.2 Å². The van der Waals surface area contributed by atoms with Gasteiger partial charge in [0.05, 0.1) is 0 Å². The number of fused-ring (bicyclic) bond motifs is 3. The zero-order valence-corrected chi connectivity index (χ0v) is 17.7. The van der Waals surface area contributed by atoms with Gasteiger partial charge in [0.25, 0.3) is 0 Å². The normalized spacial score (nSPS) is 16.2. The van der Waals surface area contributed by atoms with Crippen molar-refractivity contribution in [2.24, 2.45) is 0 Å². The van der Waals surface area contributed by atoms with Crippen LogP contribution in [-0.4, -0.2) is 51.1 Å². The van der Waals surface area contributed by atoms with Crippen LogP contribution in [0.1, 0.15) is 34.9 Å². The Balaban J connectivity index is 1.80. The Labute approximate surface area is 176 Å². The zero-order valence-electron chi connectivity index (χ0n) is 17.0. The lowest BCUT2D eigenvalue weighted by Crippen LogP contribution is -2.22. The van der Waals surface area contributed by atoms with Crippen molar-refractivity contribution in [2.75, 3.05) is 20.1 Å². The number of aromatic nitrogens is 2. The van der Waals surface area contributed by atoms with E-state index in [0.29, 0.717) is 6.54 Å². The van der Waals surface area contributed by atoms with Crippen molar-refractivity contribution in [3.8, 4) is 0 Å². The number of hydrogen-bond acceptors (Lipinski definition) is 4. The third-order valence-corrected chi connectivity index (χ3v) is 6.26. The zero-order chi connectivity index (χ0) is 20.5. The van der Waals surface area contributed by atoms with Crippen molar-refractivity contribution in [1.82, 2.24) is 14.5 Å². The standard InChI is InChI=1S/C23H28ClN3O2/c1-15-3-4-16(13-25-15)17(11-23(28)29)14-27-21-6-5-18(24)12-20(21)19-7-9-26(2)10-8-22(19)27/h3-6,12-13,17,23,28-29H,7-11,14H2,1-2H3. The average molecular weight is 414 g/mol. The van der Waals surface area contributed by atoms with Gasteiger partial charge in [-0.25, -0.2) is 0 Å². The van der Waals surface area contributed by atoms with Gasteiger partial charge in [0.15, 0.2) is 6.29 Å². The molecule has 2 N–H and O–H groups in total. The van der Waals surface area contributed by atoms with Crippen molar-refractivity contribution >= 4 is 22.5 Å². The molecule has 0 spiro atoms. The molecule has 3 heterocycles. The highest BCUT2D eigenvalue weighted by atomic mass is 35.5. The molecule has 4 rings (SSSR count). The van der Waals surface area contributed by atoms with Crippen LogP contribution in [-0.2, 0) is 19.4 Å². The predicted octanol–water partition coefficient (Wildman–Crippen LogP) is 3.51. The Kier molecular flexibility index (Phi) is 5.93. The number of halogens is 1. The fourth-order valence-electron chi connectivity index (χ4n) is 4.45. The number of benzene rings is 1. The van der Waals surface area contributed by atoms with E-state index in [1.807, 2.05) is 31.3 Å². The molecule has 0 aliphatic carbocycles. The second kappa shape index (κ2) is 8.44. The molecule has 2 aromatic heterocycles. The topological polar surface area (TPSA) is 61.5 Å². The molecule has 1 aliphatic heterocycles. The third kappa shape index (κ3) is 4.33. The smallest absolute Gasteiger partial charge is 0.152 e. The molecule has 1 atom stereocenters. The van der Waals surface area contributed by atoms with Gasteiger partial charge in [-0.3, -0.25) is 4.98 Å². The number of rotatable bonds is 5. The quantitative estimate of drug-likeness (QED) is 0.628. The summed E-state index contributed by atoms with van der Waals surface area (Å²) in [5, 5.41) is 21.4. The summed E-state index contributed by atoms with van der Waals surface area (Å²) in [7, 11) is 2.16. The van der Waals surface area contributed by atoms with Gasteiger partial charge >= 0.3 is 0 Å². The van der Waals surface area contributed by atoms with Gasteiger partial charge in [0, 0.05) is 71.9 Å². The van der Waals surface area contributed by atoms with E-state index < -0.39 is 6.29 Å². The molecule has 1 aliphatic rings. The SMILES string of the molecule is Cc1ccc(C(CC(O)O)Cn2c3c(c4cc(Cl)ccc42)CCN(C)CC3)cn1. The van der Waals surface area contributed by atoms with Gasteiger partial charge in [-0.2, -0.15) is 0 Å². The average Bonchev–Trinajstić information content (AvgIpc) is 2.81. The van der Waals surface area contributed by atoms with Gasteiger partial charge in [0.1, 0.15) is 0 Å². The van der Waals surface area contributed by atoms with Crippen LogP contribution < -0.4 is 0 Å². The number of nitrogens with zero attached hydrogens (tertiary/aromatic N) is 3. The number of aliphatic hydroxyl groups is 2. The van der Waals surface area contributed by atoms with E-state index in [-0.39, 0.29) is 12.3 Å². The number of hydrogen-bond donors (Lipinski definition) is 2. The number of pyridine rings is 1. The highest BCUT2D eigenvalue weighted by Crippen LogP contribution is 2.34. The Bertz CT molecular complexity index is 998. The number of likely N-dealkylation sites (N-methyl/N-ethyl adjacent to an activating group) is 1. The van der Waals surface area contributed by atoms with E-state index in [2.05, 4.69) is 33.6 Å². The van der Waals surface area contributed by atoms with Gasteiger partial charge < -0.3 is 19.7 Å². The van der Waals surface area contributed by atoms with Crippen LogP contribution in [0.5, 0.6) is 0 Å². The highest BCUT2D eigenvalue weighted by molar-refractivity contribution is 6.31. The van der Waals surface area contributed by atoms with E-state index in [0.717, 1.165) is 42.2 Å². The molecule has 3 aromatic rings. The van der Waals surface area contributed by atoms with Crippen molar-refractivity contribution in [3.63, 3.8) is 0 Å². The molecule has 0 radical (unpaired) electrons. The molecule has 154 valence electrons. The lowest BCUT2D eigenvalue weighted by molar-refractivity contribution is -0.0507. The fraction of sp³-hybridized carbons (Fsp3) is 0.435. The van der Waals surface area contributed by atoms with Gasteiger partial charge in [-0.1, -0.05) is 17.7 Å². The van der Waals surface area contributed by atoms with E-state index in [4.69, 9.17) is 11.6 Å². The summed E-state index contributed by atoms with van der Waals surface area (Å²) < 4.78 is 2.37. The van der Waals surface area contributed by atoms with Crippen LogP contribution in [0, 0.1) is 6.92 Å². The van der Waals surface area contributed by atoms with Crippen LogP contribution in [0.3, 0.4) is 0 Å². The first kappa shape index (κ1) is 20.4. The van der Waals surface area contributed by atoms with Crippen molar-refractivity contribution in [3.05, 3.63) is 64.1 Å². The summed E-state index contributed by atoms with van der Waals surface area (Å²) in [5.41, 5.74) is 5.86. The molecule has 1 unspecified atom stereocenters. The molecule has 6 heteroatoms. The maximum absolute atomic E-state index is 9.74. The number of aliphatic hydroxyl groups excluding tert-OH is 1. The summed E-state index contributed by atoms with van der Waals surface area (Å²) in [6.07, 6.45) is 2.74. The fourth-order valence-corrected chi connectivity index (χ4v) is 4.62. The van der Waals surface area contributed by atoms with Crippen LogP contribution >= 0.6 is 11.6 Å². The van der Waals surface area contributed by atoms with Crippen LogP contribution in [0.4, 0.5) is 0 Å². The second-order valence-corrected chi connectivity index (χ2v) is 8.58. The molecule has 29 heavy (non-hydrogen) atoms. The van der Waals surface area contributed by atoms with Gasteiger partial charge in [-0.15, -0.1) is 0 Å². The third-order valence-electron chi connectivity index (χ3n) is 6.03.